The third-order valence-electron chi connectivity index (χ3n) is 3.67. The quantitative estimate of drug-likeness (QED) is 0.608. The Hall–Kier alpha value is -0.570. The molecule has 1 fully saturated rings. The second-order valence-corrected chi connectivity index (χ2v) is 5.20. The van der Waals surface area contributed by atoms with Gasteiger partial charge < -0.3 is 10.6 Å². The van der Waals surface area contributed by atoms with Gasteiger partial charge in [0.25, 0.3) is 0 Å². The summed E-state index contributed by atoms with van der Waals surface area (Å²) in [5, 5.41) is 6.05. The molecule has 0 aromatic heterocycles. The van der Waals surface area contributed by atoms with Gasteiger partial charge in [0.15, 0.2) is 0 Å². The summed E-state index contributed by atoms with van der Waals surface area (Å²) >= 11 is 0. The topological polar surface area (TPSA) is 41.1 Å². The summed E-state index contributed by atoms with van der Waals surface area (Å²) in [6.45, 7) is 1.79. The van der Waals surface area contributed by atoms with Gasteiger partial charge in [0.05, 0.1) is 0 Å². The molecule has 2 N–H and O–H groups in total. The van der Waals surface area contributed by atoms with Crippen molar-refractivity contribution in [1.82, 2.24) is 10.6 Å². The average Bonchev–Trinajstić information content (AvgIpc) is 2.82. The molecule has 3 heteroatoms. The lowest BCUT2D eigenvalue weighted by Crippen LogP contribution is -2.25. The van der Waals surface area contributed by atoms with Gasteiger partial charge in [-0.25, -0.2) is 0 Å². The van der Waals surface area contributed by atoms with Crippen LogP contribution < -0.4 is 10.6 Å². The molecule has 0 aliphatic heterocycles. The highest BCUT2D eigenvalue weighted by Gasteiger charge is 2.13. The van der Waals surface area contributed by atoms with E-state index in [1.54, 1.807) is 0 Å². The predicted molar refractivity (Wildman–Crippen MR) is 72.0 cm³/mol. The van der Waals surface area contributed by atoms with Crippen LogP contribution in [0.5, 0.6) is 0 Å². The van der Waals surface area contributed by atoms with E-state index in [-0.39, 0.29) is 5.91 Å². The molecule has 0 atom stereocenters. The van der Waals surface area contributed by atoms with Crippen LogP contribution in [0, 0.1) is 5.92 Å². The molecule has 100 valence electrons. The zero-order chi connectivity index (χ0) is 12.3. The van der Waals surface area contributed by atoms with Crippen molar-refractivity contribution >= 4 is 5.91 Å². The highest BCUT2D eigenvalue weighted by Crippen LogP contribution is 2.28. The molecule has 0 aromatic rings. The molecular formula is C14H28N2O. The fourth-order valence-electron chi connectivity index (χ4n) is 2.60. The molecule has 1 aliphatic carbocycles. The maximum Gasteiger partial charge on any atom is 0.220 e. The second-order valence-electron chi connectivity index (χ2n) is 5.20. The molecular weight excluding hydrogens is 212 g/mol. The van der Waals surface area contributed by atoms with Crippen molar-refractivity contribution < 1.29 is 4.79 Å². The van der Waals surface area contributed by atoms with Gasteiger partial charge in [-0.2, -0.15) is 0 Å². The molecule has 1 rings (SSSR count). The third kappa shape index (κ3) is 7.37. The highest BCUT2D eigenvalue weighted by molar-refractivity contribution is 5.75. The van der Waals surface area contributed by atoms with Crippen molar-refractivity contribution in [2.24, 2.45) is 5.92 Å². The van der Waals surface area contributed by atoms with Crippen LogP contribution in [0.2, 0.25) is 0 Å². The number of carbonyl (C=O) groups is 1. The second kappa shape index (κ2) is 9.46. The van der Waals surface area contributed by atoms with Crippen molar-refractivity contribution in [3.63, 3.8) is 0 Å². The number of unbranched alkanes of at least 4 members (excludes halogenated alkanes) is 1. The fraction of sp³-hybridized carbons (Fsp3) is 0.929. The minimum absolute atomic E-state index is 0.209. The summed E-state index contributed by atoms with van der Waals surface area (Å²) in [5.41, 5.74) is 0. The van der Waals surface area contributed by atoms with Crippen LogP contribution in [-0.4, -0.2) is 26.0 Å². The third-order valence-corrected chi connectivity index (χ3v) is 3.67. The van der Waals surface area contributed by atoms with Gasteiger partial charge in [-0.05, 0) is 32.4 Å². The molecule has 0 aromatic carbocycles. The molecule has 17 heavy (non-hydrogen) atoms. The standard InChI is InChI=1S/C14H28N2O/c1-15-11-6-10-14(17)16-12-5-4-9-13-7-2-3-8-13/h13,15H,2-12H2,1H3,(H,16,17). The van der Waals surface area contributed by atoms with E-state index in [0.717, 1.165) is 31.8 Å². The van der Waals surface area contributed by atoms with E-state index in [2.05, 4.69) is 10.6 Å². The number of rotatable bonds is 9. The van der Waals surface area contributed by atoms with Gasteiger partial charge in [0.2, 0.25) is 5.91 Å². The Morgan fingerprint density at radius 1 is 1.12 bits per heavy atom. The average molecular weight is 240 g/mol. The van der Waals surface area contributed by atoms with Crippen molar-refractivity contribution in [2.45, 2.75) is 57.8 Å². The van der Waals surface area contributed by atoms with E-state index in [0.29, 0.717) is 6.42 Å². The monoisotopic (exact) mass is 240 g/mol. The largest absolute Gasteiger partial charge is 0.356 e. The van der Waals surface area contributed by atoms with Crippen LogP contribution in [-0.2, 0) is 4.79 Å². The first-order chi connectivity index (χ1) is 8.33. The number of hydrogen-bond acceptors (Lipinski definition) is 2. The Kier molecular flexibility index (Phi) is 8.06. The van der Waals surface area contributed by atoms with Crippen LogP contribution >= 0.6 is 0 Å². The number of nitrogens with one attached hydrogen (secondary N) is 2. The Labute approximate surface area is 106 Å². The SMILES string of the molecule is CNCCCC(=O)NCCCCC1CCCC1. The summed E-state index contributed by atoms with van der Waals surface area (Å²) in [5.74, 6) is 1.20. The number of amides is 1. The first-order valence-corrected chi connectivity index (χ1v) is 7.24. The van der Waals surface area contributed by atoms with Crippen LogP contribution in [0.4, 0.5) is 0 Å². The first kappa shape index (κ1) is 14.5. The molecule has 0 radical (unpaired) electrons. The molecule has 0 bridgehead atoms. The Morgan fingerprint density at radius 3 is 2.59 bits per heavy atom. The normalized spacial score (nSPS) is 16.3. The van der Waals surface area contributed by atoms with Crippen LogP contribution in [0.25, 0.3) is 0 Å². The molecule has 0 heterocycles. The van der Waals surface area contributed by atoms with E-state index in [1.807, 2.05) is 7.05 Å². The number of carbonyl (C=O) groups excluding carboxylic acids is 1. The van der Waals surface area contributed by atoms with E-state index >= 15 is 0 Å². The van der Waals surface area contributed by atoms with Crippen molar-refractivity contribution in [1.29, 1.82) is 0 Å². The van der Waals surface area contributed by atoms with Gasteiger partial charge in [-0.3, -0.25) is 4.79 Å². The fourth-order valence-corrected chi connectivity index (χ4v) is 2.60. The Morgan fingerprint density at radius 2 is 1.88 bits per heavy atom. The van der Waals surface area contributed by atoms with E-state index in [9.17, 15) is 4.79 Å². The van der Waals surface area contributed by atoms with E-state index in [4.69, 9.17) is 0 Å². The summed E-state index contributed by atoms with van der Waals surface area (Å²) in [7, 11) is 1.92. The van der Waals surface area contributed by atoms with Crippen LogP contribution in [0.15, 0.2) is 0 Å². The summed E-state index contributed by atoms with van der Waals surface area (Å²) < 4.78 is 0. The van der Waals surface area contributed by atoms with E-state index in [1.165, 1.54) is 38.5 Å². The van der Waals surface area contributed by atoms with Crippen molar-refractivity contribution in [3.8, 4) is 0 Å². The van der Waals surface area contributed by atoms with Gasteiger partial charge in [0.1, 0.15) is 0 Å². The molecule has 1 aliphatic rings. The molecule has 3 nitrogen and oxygen atoms in total. The lowest BCUT2D eigenvalue weighted by Gasteiger charge is -2.09. The number of hydrogen-bond donors (Lipinski definition) is 2. The minimum Gasteiger partial charge on any atom is -0.356 e. The summed E-state index contributed by atoms with van der Waals surface area (Å²) in [6.07, 6.45) is 11.1. The summed E-state index contributed by atoms with van der Waals surface area (Å²) in [6, 6.07) is 0. The van der Waals surface area contributed by atoms with Crippen LogP contribution in [0.1, 0.15) is 57.8 Å². The predicted octanol–water partition coefficient (Wildman–Crippen LogP) is 2.46. The van der Waals surface area contributed by atoms with Gasteiger partial charge >= 0.3 is 0 Å². The Balaban J connectivity index is 1.84. The van der Waals surface area contributed by atoms with Crippen molar-refractivity contribution in [2.75, 3.05) is 20.1 Å². The molecule has 1 saturated carbocycles. The maximum absolute atomic E-state index is 11.4. The molecule has 1 amide bonds. The zero-order valence-corrected chi connectivity index (χ0v) is 11.3. The highest BCUT2D eigenvalue weighted by atomic mass is 16.1. The lowest BCUT2D eigenvalue weighted by atomic mass is 10.0. The molecule has 0 spiro atoms. The van der Waals surface area contributed by atoms with E-state index < -0.39 is 0 Å². The molecule has 0 unspecified atom stereocenters. The van der Waals surface area contributed by atoms with Gasteiger partial charge in [-0.1, -0.05) is 38.5 Å². The smallest absolute Gasteiger partial charge is 0.220 e. The van der Waals surface area contributed by atoms with Gasteiger partial charge in [-0.15, -0.1) is 0 Å². The Bertz CT molecular complexity index is 200. The van der Waals surface area contributed by atoms with Crippen LogP contribution in [0.3, 0.4) is 0 Å². The first-order valence-electron chi connectivity index (χ1n) is 7.24. The summed E-state index contributed by atoms with van der Waals surface area (Å²) in [4.78, 5) is 11.4. The lowest BCUT2D eigenvalue weighted by molar-refractivity contribution is -0.121. The van der Waals surface area contributed by atoms with Crippen molar-refractivity contribution in [3.05, 3.63) is 0 Å². The minimum atomic E-state index is 0.209. The zero-order valence-electron chi connectivity index (χ0n) is 11.3. The molecule has 0 saturated heterocycles. The van der Waals surface area contributed by atoms with Gasteiger partial charge in [0, 0.05) is 13.0 Å². The maximum atomic E-state index is 11.4.